The molecule has 0 saturated heterocycles. The Labute approximate surface area is 30.6 Å². The number of rotatable bonds is 0. The Morgan fingerprint density at radius 2 is 1.25 bits per heavy atom. The number of hydrogen-bond acceptors (Lipinski definition) is 1. The SMILES string of the molecule is B.B#N.[B]. The van der Waals surface area contributed by atoms with E-state index in [4.69, 9.17) is 5.16 Å². The van der Waals surface area contributed by atoms with Gasteiger partial charge in [-0.1, -0.05) is 0 Å². The first kappa shape index (κ1) is 40.2. The fourth-order valence-corrected chi connectivity index (χ4v) is 0. The fourth-order valence-electron chi connectivity index (χ4n) is 0. The van der Waals surface area contributed by atoms with Gasteiger partial charge in [-0.15, -0.1) is 0 Å². The maximum atomic E-state index is 6.50. The molecule has 0 bridgehead atoms. The van der Waals surface area contributed by atoms with Gasteiger partial charge in [0.1, 0.15) is 0 Å². The number of nitrogens with zero attached hydrogens (tertiary/aromatic N) is 1. The minimum absolute atomic E-state index is 0. The second kappa shape index (κ2) is 1160. The molecule has 0 atom stereocenters. The molecule has 0 aromatic rings. The minimum Gasteiger partial charge on any atom is 0 e. The first-order valence-electron chi connectivity index (χ1n) is 0.258. The van der Waals surface area contributed by atoms with E-state index in [0.717, 1.165) is 0 Å². The Balaban J connectivity index is -0.00000000500. The topological polar surface area (TPSA) is 23.8 Å². The fraction of sp³-hybridized carbons (Fsp3) is 0. The van der Waals surface area contributed by atoms with Crippen LogP contribution in [0, 0.1) is 5.16 Å². The predicted octanol–water partition coefficient (Wildman–Crippen LogP) is -1.93. The third-order valence-electron chi connectivity index (χ3n) is 0. The van der Waals surface area contributed by atoms with Crippen LogP contribution in [-0.2, 0) is 0 Å². The van der Waals surface area contributed by atoms with Gasteiger partial charge in [-0.25, -0.2) is 0 Å². The van der Waals surface area contributed by atoms with Gasteiger partial charge in [-0.3, -0.25) is 0 Å². The van der Waals surface area contributed by atoms with Gasteiger partial charge < -0.3 is 0 Å². The zero-order valence-corrected chi connectivity index (χ0v) is 1.60. The molecule has 0 aliphatic heterocycles. The van der Waals surface area contributed by atoms with E-state index in [-0.39, 0.29) is 16.8 Å². The standard InChI is InChI=1S/BN.BH3.B/c1-2;;/h;1H3;. The summed E-state index contributed by atoms with van der Waals surface area (Å²) in [4.78, 5) is 0. The molecule has 1 nitrogen and oxygen atoms in total. The van der Waals surface area contributed by atoms with Crippen LogP contribution in [0.4, 0.5) is 0 Å². The number of hydrogen-bond donors (Lipinski definition) is 0. The summed E-state index contributed by atoms with van der Waals surface area (Å²) < 4.78 is 0. The summed E-state index contributed by atoms with van der Waals surface area (Å²) in [7, 11) is 3.50. The van der Waals surface area contributed by atoms with E-state index in [1.54, 1.807) is 0 Å². The molecule has 0 aromatic carbocycles. The second-order valence-corrected chi connectivity index (χ2v) is 0. The zero-order chi connectivity index (χ0) is 2.00. The van der Waals surface area contributed by atoms with Crippen LogP contribution >= 0.6 is 0 Å². The van der Waals surface area contributed by atoms with Gasteiger partial charge in [0.05, 0.1) is 8.41 Å². The van der Waals surface area contributed by atoms with Gasteiger partial charge in [0, 0.05) is 8.41 Å². The van der Waals surface area contributed by atoms with Crippen molar-refractivity contribution in [1.82, 2.24) is 0 Å². The average Bonchev–Trinajstić information content (AvgIpc) is 1.00. The Kier molecular flexibility index (Phi) is 11700. The van der Waals surface area contributed by atoms with Crippen LogP contribution in [0.5, 0.6) is 0 Å². The summed E-state index contributed by atoms with van der Waals surface area (Å²) in [5.74, 6) is 0. The van der Waals surface area contributed by atoms with Crippen molar-refractivity contribution < 1.29 is 0 Å². The third-order valence-corrected chi connectivity index (χ3v) is 0. The van der Waals surface area contributed by atoms with Crippen LogP contribution in [-0.4, -0.2) is 24.3 Å². The van der Waals surface area contributed by atoms with Gasteiger partial charge in [-0.2, -0.15) is 0 Å². The molecule has 0 unspecified atom stereocenters. The molecule has 4 heteroatoms. The molecule has 17 valence electrons. The molecule has 0 aliphatic carbocycles. The van der Waals surface area contributed by atoms with Crippen molar-refractivity contribution in [1.29, 1.82) is 5.16 Å². The molecule has 0 amide bonds. The monoisotopic (exact) mass is 50.1 g/mol. The molecule has 0 rings (SSSR count). The second-order valence-electron chi connectivity index (χ2n) is 0. The van der Waals surface area contributed by atoms with E-state index in [0.29, 0.717) is 0 Å². The molecule has 0 spiro atoms. The van der Waals surface area contributed by atoms with E-state index in [1.807, 2.05) is 0 Å². The summed E-state index contributed by atoms with van der Waals surface area (Å²) in [5, 5.41) is 6.50. The minimum atomic E-state index is 0. The molecule has 0 aromatic heterocycles. The van der Waals surface area contributed by atoms with Crippen molar-refractivity contribution in [3.8, 4) is 0 Å². The van der Waals surface area contributed by atoms with E-state index in [1.165, 1.54) is 0 Å². The van der Waals surface area contributed by atoms with E-state index in [2.05, 4.69) is 7.49 Å². The quantitative estimate of drug-likeness (QED) is 0.293. The van der Waals surface area contributed by atoms with Crippen molar-refractivity contribution in [2.24, 2.45) is 0 Å². The Bertz CT molecular complexity index is 8.00. The van der Waals surface area contributed by atoms with Crippen LogP contribution < -0.4 is 0 Å². The van der Waals surface area contributed by atoms with Crippen molar-refractivity contribution in [3.63, 3.8) is 0 Å². The smallest absolute Gasteiger partial charge is 0 e. The molecule has 0 saturated carbocycles. The molecular weight excluding hydrogens is 46.4 g/mol. The molecule has 4 heavy (non-hydrogen) atoms. The Morgan fingerprint density at radius 3 is 1.25 bits per heavy atom. The van der Waals surface area contributed by atoms with Crippen molar-refractivity contribution >= 4 is 24.3 Å². The average molecular weight is 49.5 g/mol. The first-order valence-corrected chi connectivity index (χ1v) is 0.258. The summed E-state index contributed by atoms with van der Waals surface area (Å²) in [6, 6.07) is 0. The van der Waals surface area contributed by atoms with Gasteiger partial charge >= 0.3 is 12.6 Å². The summed E-state index contributed by atoms with van der Waals surface area (Å²) in [5.41, 5.74) is 0. The van der Waals surface area contributed by atoms with Crippen molar-refractivity contribution in [2.75, 3.05) is 0 Å². The summed E-state index contributed by atoms with van der Waals surface area (Å²) in [6.45, 7) is 0. The maximum absolute atomic E-state index is 6.50. The molecule has 3 radical (unpaired) electrons. The van der Waals surface area contributed by atoms with E-state index >= 15 is 0 Å². The summed E-state index contributed by atoms with van der Waals surface area (Å²) in [6.07, 6.45) is 0. The Hall–Kier alpha value is -0.0952. The van der Waals surface area contributed by atoms with Gasteiger partial charge in [0.2, 0.25) is 0 Å². The van der Waals surface area contributed by atoms with Crippen LogP contribution in [0.2, 0.25) is 0 Å². The van der Waals surface area contributed by atoms with Crippen molar-refractivity contribution in [2.45, 2.75) is 0 Å². The van der Waals surface area contributed by atoms with Gasteiger partial charge in [0.25, 0.3) is 0 Å². The zero-order valence-electron chi connectivity index (χ0n) is 1.60. The summed E-state index contributed by atoms with van der Waals surface area (Å²) >= 11 is 0. The molecular formula is H3B3N. The molecule has 0 N–H and O–H groups in total. The van der Waals surface area contributed by atoms with Crippen LogP contribution in [0.15, 0.2) is 0 Å². The van der Waals surface area contributed by atoms with E-state index < -0.39 is 0 Å². The molecule has 0 aliphatic rings. The van der Waals surface area contributed by atoms with E-state index in [9.17, 15) is 0 Å². The maximum Gasteiger partial charge on any atom is 0 e. The van der Waals surface area contributed by atoms with Crippen LogP contribution in [0.3, 0.4) is 0 Å². The predicted molar refractivity (Wildman–Crippen MR) is 23.2 cm³/mol. The normalized spacial score (nSPS) is 1.25. The van der Waals surface area contributed by atoms with Crippen LogP contribution in [0.1, 0.15) is 0 Å². The van der Waals surface area contributed by atoms with Crippen LogP contribution in [0.25, 0.3) is 0 Å². The Morgan fingerprint density at radius 1 is 1.25 bits per heavy atom. The van der Waals surface area contributed by atoms with Gasteiger partial charge in [0.15, 0.2) is 0 Å². The first-order chi connectivity index (χ1) is 1.00. The van der Waals surface area contributed by atoms with Crippen molar-refractivity contribution in [3.05, 3.63) is 0 Å². The third kappa shape index (κ3) is 172. The van der Waals surface area contributed by atoms with Gasteiger partial charge in [-0.05, 0) is 0 Å². The molecule has 0 heterocycles. The largest absolute Gasteiger partial charge is 0 e. The molecule has 0 fully saturated rings.